The van der Waals surface area contributed by atoms with E-state index >= 15 is 0 Å². The molecule has 1 aliphatic rings. The molecule has 0 aliphatic carbocycles. The number of fused-ring (bicyclic) bond motifs is 2. The van der Waals surface area contributed by atoms with Crippen LogP contribution in [-0.2, 0) is 27.7 Å². The summed E-state index contributed by atoms with van der Waals surface area (Å²) < 4.78 is 27.8. The van der Waals surface area contributed by atoms with E-state index in [2.05, 4.69) is 10.6 Å². The van der Waals surface area contributed by atoms with E-state index in [0.717, 1.165) is 27.6 Å². The summed E-state index contributed by atoms with van der Waals surface area (Å²) in [6, 6.07) is 27.7. The molecule has 0 saturated heterocycles. The topological polar surface area (TPSA) is 78.5 Å². The molecule has 6 nitrogen and oxygen atoms in total. The van der Waals surface area contributed by atoms with E-state index in [0.29, 0.717) is 18.7 Å². The molecule has 0 unspecified atom stereocenters. The van der Waals surface area contributed by atoms with Gasteiger partial charge in [-0.15, -0.1) is 0 Å². The summed E-state index contributed by atoms with van der Waals surface area (Å²) in [7, 11) is -3.67. The monoisotopic (exact) mass is 501 g/mol. The summed E-state index contributed by atoms with van der Waals surface area (Å²) in [4.78, 5) is 12.8. The Morgan fingerprint density at radius 1 is 0.886 bits per heavy atom. The first-order chi connectivity index (χ1) is 16.9. The molecule has 0 bridgehead atoms. The van der Waals surface area contributed by atoms with Crippen LogP contribution in [0.2, 0.25) is 0 Å². The van der Waals surface area contributed by atoms with Gasteiger partial charge in [-0.1, -0.05) is 60.7 Å². The van der Waals surface area contributed by atoms with Crippen LogP contribution in [0.25, 0.3) is 10.8 Å². The van der Waals surface area contributed by atoms with Gasteiger partial charge in [-0.3, -0.25) is 9.10 Å². The Labute approximate surface area is 209 Å². The predicted molar refractivity (Wildman–Crippen MR) is 143 cm³/mol. The van der Waals surface area contributed by atoms with Crippen LogP contribution in [0.3, 0.4) is 0 Å². The zero-order valence-corrected chi connectivity index (χ0v) is 20.4. The lowest BCUT2D eigenvalue weighted by atomic mass is 10.0. The number of anilines is 2. The zero-order chi connectivity index (χ0) is 24.4. The van der Waals surface area contributed by atoms with Gasteiger partial charge >= 0.3 is 0 Å². The lowest BCUT2D eigenvalue weighted by Gasteiger charge is -2.19. The number of para-hydroxylation sites is 1. The Kier molecular flexibility index (Phi) is 6.23. The maximum Gasteiger partial charge on any atom is 0.264 e. The summed E-state index contributed by atoms with van der Waals surface area (Å²) in [6.07, 6.45) is 0.888. The van der Waals surface area contributed by atoms with Gasteiger partial charge in [0.25, 0.3) is 10.0 Å². The van der Waals surface area contributed by atoms with Gasteiger partial charge < -0.3 is 10.6 Å². The predicted octanol–water partition coefficient (Wildman–Crippen LogP) is 4.65. The van der Waals surface area contributed by atoms with Crippen molar-refractivity contribution in [3.63, 3.8) is 0 Å². The third-order valence-corrected chi connectivity index (χ3v) is 8.06. The van der Waals surface area contributed by atoms with E-state index in [1.165, 1.54) is 4.31 Å². The molecule has 35 heavy (non-hydrogen) atoms. The van der Waals surface area contributed by atoms with Crippen molar-refractivity contribution in [3.05, 3.63) is 102 Å². The van der Waals surface area contributed by atoms with Crippen LogP contribution in [-0.4, -0.2) is 26.0 Å². The number of amides is 1. The Balaban J connectivity index is 1.22. The van der Waals surface area contributed by atoms with Crippen molar-refractivity contribution in [3.8, 4) is 0 Å². The van der Waals surface area contributed by atoms with Gasteiger partial charge in [0.2, 0.25) is 5.91 Å². The number of thiocarbonyl (C=S) groups is 1. The minimum Gasteiger partial charge on any atom is -0.332 e. The quantitative estimate of drug-likeness (QED) is 0.390. The Morgan fingerprint density at radius 2 is 1.60 bits per heavy atom. The lowest BCUT2D eigenvalue weighted by Crippen LogP contribution is -2.35. The molecule has 0 saturated carbocycles. The first-order valence-corrected chi connectivity index (χ1v) is 13.0. The van der Waals surface area contributed by atoms with Gasteiger partial charge in [-0.05, 0) is 70.9 Å². The largest absolute Gasteiger partial charge is 0.332 e. The Bertz CT molecular complexity index is 1530. The second-order valence-corrected chi connectivity index (χ2v) is 10.6. The fourth-order valence-electron chi connectivity index (χ4n) is 4.35. The van der Waals surface area contributed by atoms with E-state index < -0.39 is 10.0 Å². The van der Waals surface area contributed by atoms with Gasteiger partial charge in [0.15, 0.2) is 5.11 Å². The van der Waals surface area contributed by atoms with Crippen molar-refractivity contribution in [2.24, 2.45) is 0 Å². The molecule has 0 atom stereocenters. The van der Waals surface area contributed by atoms with Crippen molar-refractivity contribution < 1.29 is 13.2 Å². The van der Waals surface area contributed by atoms with Crippen LogP contribution in [0.4, 0.5) is 11.4 Å². The number of hydrogen-bond acceptors (Lipinski definition) is 4. The van der Waals surface area contributed by atoms with Gasteiger partial charge in [0.1, 0.15) is 0 Å². The van der Waals surface area contributed by atoms with Crippen molar-refractivity contribution in [2.45, 2.75) is 17.7 Å². The summed E-state index contributed by atoms with van der Waals surface area (Å²) >= 11 is 5.29. The van der Waals surface area contributed by atoms with Crippen molar-refractivity contribution in [1.29, 1.82) is 0 Å². The second kappa shape index (κ2) is 9.48. The van der Waals surface area contributed by atoms with Crippen LogP contribution in [0.15, 0.2) is 95.9 Å². The molecule has 1 aliphatic heterocycles. The first kappa shape index (κ1) is 23.0. The molecule has 5 rings (SSSR count). The molecule has 1 heterocycles. The number of nitrogens with zero attached hydrogens (tertiary/aromatic N) is 1. The van der Waals surface area contributed by atoms with Crippen molar-refractivity contribution >= 4 is 55.4 Å². The molecule has 0 radical (unpaired) electrons. The SMILES string of the molecule is O=C(Cc1cccc2ccccc12)NC(=S)Nc1ccc(S(=O)(=O)N2CCc3ccccc32)cc1. The number of hydrogen-bond donors (Lipinski definition) is 2. The number of sulfonamides is 1. The van der Waals surface area contributed by atoms with Crippen LogP contribution < -0.4 is 14.9 Å². The maximum atomic E-state index is 13.2. The van der Waals surface area contributed by atoms with Gasteiger partial charge in [0.05, 0.1) is 17.0 Å². The molecule has 176 valence electrons. The fraction of sp³-hybridized carbons (Fsp3) is 0.111. The van der Waals surface area contributed by atoms with Crippen LogP contribution in [0.5, 0.6) is 0 Å². The molecule has 4 aromatic carbocycles. The number of carbonyl (C=O) groups excluding carboxylic acids is 1. The standard InChI is InChI=1S/C27H23N3O3S2/c31-26(18-21-9-5-8-19-6-1-3-10-24(19)21)29-27(34)28-22-12-14-23(15-13-22)35(32,33)30-17-16-20-7-2-4-11-25(20)30/h1-15H,16-18H2,(H2,28,29,31,34). The molecular weight excluding hydrogens is 478 g/mol. The third-order valence-electron chi connectivity index (χ3n) is 6.03. The molecule has 0 aromatic heterocycles. The molecule has 8 heteroatoms. The highest BCUT2D eigenvalue weighted by Crippen LogP contribution is 2.32. The number of nitrogens with one attached hydrogen (secondary N) is 2. The minimum atomic E-state index is -3.67. The fourth-order valence-corrected chi connectivity index (χ4v) is 6.08. The van der Waals surface area contributed by atoms with Crippen LogP contribution >= 0.6 is 12.2 Å². The number of benzene rings is 4. The third kappa shape index (κ3) is 4.76. The average Bonchev–Trinajstić information content (AvgIpc) is 3.30. The molecular formula is C27H23N3O3S2. The highest BCUT2D eigenvalue weighted by Gasteiger charge is 2.30. The Hall–Kier alpha value is -3.75. The summed E-state index contributed by atoms with van der Waals surface area (Å²) in [5.41, 5.74) is 3.26. The zero-order valence-electron chi connectivity index (χ0n) is 18.8. The smallest absolute Gasteiger partial charge is 0.264 e. The molecule has 1 amide bonds. The molecule has 4 aromatic rings. The first-order valence-electron chi connectivity index (χ1n) is 11.2. The Morgan fingerprint density at radius 3 is 2.43 bits per heavy atom. The van der Waals surface area contributed by atoms with Crippen molar-refractivity contribution in [2.75, 3.05) is 16.2 Å². The van der Waals surface area contributed by atoms with E-state index in [1.54, 1.807) is 24.3 Å². The van der Waals surface area contributed by atoms with Gasteiger partial charge in [0, 0.05) is 12.2 Å². The van der Waals surface area contributed by atoms with E-state index in [-0.39, 0.29) is 22.3 Å². The highest BCUT2D eigenvalue weighted by molar-refractivity contribution is 7.92. The van der Waals surface area contributed by atoms with E-state index in [4.69, 9.17) is 12.2 Å². The van der Waals surface area contributed by atoms with E-state index in [1.807, 2.05) is 66.7 Å². The normalized spacial score (nSPS) is 12.9. The number of rotatable bonds is 5. The van der Waals surface area contributed by atoms with Gasteiger partial charge in [-0.2, -0.15) is 0 Å². The van der Waals surface area contributed by atoms with E-state index in [9.17, 15) is 13.2 Å². The second-order valence-electron chi connectivity index (χ2n) is 8.30. The summed E-state index contributed by atoms with van der Waals surface area (Å²) in [5, 5.41) is 7.90. The van der Waals surface area contributed by atoms with Crippen LogP contribution in [0.1, 0.15) is 11.1 Å². The summed E-state index contributed by atoms with van der Waals surface area (Å²) in [5.74, 6) is -0.231. The van der Waals surface area contributed by atoms with Gasteiger partial charge in [-0.25, -0.2) is 8.42 Å². The lowest BCUT2D eigenvalue weighted by molar-refractivity contribution is -0.119. The molecule has 0 spiro atoms. The van der Waals surface area contributed by atoms with Crippen molar-refractivity contribution in [1.82, 2.24) is 5.32 Å². The van der Waals surface area contributed by atoms with Crippen LogP contribution in [0, 0.1) is 0 Å². The average molecular weight is 502 g/mol. The minimum absolute atomic E-state index is 0.152. The number of carbonyl (C=O) groups is 1. The summed E-state index contributed by atoms with van der Waals surface area (Å²) in [6.45, 7) is 0.425. The maximum absolute atomic E-state index is 13.2. The molecule has 2 N–H and O–H groups in total. The highest BCUT2D eigenvalue weighted by atomic mass is 32.2. The molecule has 0 fully saturated rings.